The minimum absolute atomic E-state index is 0.295. The Balaban J connectivity index is 2.46. The van der Waals surface area contributed by atoms with Crippen molar-refractivity contribution in [2.75, 3.05) is 11.5 Å². The third-order valence-corrected chi connectivity index (χ3v) is 3.99. The lowest BCUT2D eigenvalue weighted by atomic mass is 10.1. The molecule has 0 radical (unpaired) electrons. The van der Waals surface area contributed by atoms with Gasteiger partial charge >= 0.3 is 0 Å². The molecule has 90 valence electrons. The van der Waals surface area contributed by atoms with Crippen LogP contribution < -0.4 is 0 Å². The van der Waals surface area contributed by atoms with Crippen molar-refractivity contribution >= 4 is 23.4 Å². The lowest BCUT2D eigenvalue weighted by Gasteiger charge is -2.11. The van der Waals surface area contributed by atoms with Gasteiger partial charge in [0.25, 0.3) is 0 Å². The fraction of sp³-hybridized carbons (Fsp3) is 0.538. The molecular weight excluding hydrogens is 240 g/mol. The SMILES string of the molecule is CCCSCC(O)Cc1ccc(C)cc1Cl. The van der Waals surface area contributed by atoms with E-state index < -0.39 is 0 Å². The van der Waals surface area contributed by atoms with Crippen LogP contribution in [0.25, 0.3) is 0 Å². The topological polar surface area (TPSA) is 20.2 Å². The standard InChI is InChI=1S/C13H19ClOS/c1-3-6-16-9-12(15)8-11-5-4-10(2)7-13(11)14/h4-5,7,12,15H,3,6,8-9H2,1-2H3. The molecule has 0 bridgehead atoms. The third kappa shape index (κ3) is 4.77. The molecule has 0 aliphatic rings. The second-order valence-electron chi connectivity index (χ2n) is 4.03. The molecule has 1 aromatic rings. The summed E-state index contributed by atoms with van der Waals surface area (Å²) in [7, 11) is 0. The molecule has 1 N–H and O–H groups in total. The molecule has 0 amide bonds. The van der Waals surface area contributed by atoms with Crippen molar-refractivity contribution in [1.82, 2.24) is 0 Å². The Morgan fingerprint density at radius 3 is 2.81 bits per heavy atom. The summed E-state index contributed by atoms with van der Waals surface area (Å²) < 4.78 is 0. The molecular formula is C13H19ClOS. The summed E-state index contributed by atoms with van der Waals surface area (Å²) in [5, 5.41) is 10.6. The van der Waals surface area contributed by atoms with Crippen molar-refractivity contribution in [3.8, 4) is 0 Å². The van der Waals surface area contributed by atoms with E-state index in [9.17, 15) is 5.11 Å². The van der Waals surface area contributed by atoms with Crippen molar-refractivity contribution in [1.29, 1.82) is 0 Å². The Kier molecular flexibility index (Phi) is 6.25. The van der Waals surface area contributed by atoms with Gasteiger partial charge in [-0.15, -0.1) is 0 Å². The van der Waals surface area contributed by atoms with E-state index in [0.29, 0.717) is 6.42 Å². The van der Waals surface area contributed by atoms with E-state index in [4.69, 9.17) is 11.6 Å². The van der Waals surface area contributed by atoms with Crippen LogP contribution in [-0.2, 0) is 6.42 Å². The highest BCUT2D eigenvalue weighted by Crippen LogP contribution is 2.20. The Morgan fingerprint density at radius 2 is 2.19 bits per heavy atom. The van der Waals surface area contributed by atoms with Crippen LogP contribution >= 0.6 is 23.4 Å². The Morgan fingerprint density at radius 1 is 1.44 bits per heavy atom. The second-order valence-corrected chi connectivity index (χ2v) is 5.58. The van der Waals surface area contributed by atoms with E-state index in [-0.39, 0.29) is 6.10 Å². The van der Waals surface area contributed by atoms with Crippen LogP contribution in [0.5, 0.6) is 0 Å². The first-order valence-electron chi connectivity index (χ1n) is 5.64. The van der Waals surface area contributed by atoms with Gasteiger partial charge < -0.3 is 5.11 Å². The molecule has 0 aromatic heterocycles. The molecule has 1 nitrogen and oxygen atoms in total. The predicted octanol–water partition coefficient (Wildman–Crippen LogP) is 3.70. The zero-order chi connectivity index (χ0) is 12.0. The van der Waals surface area contributed by atoms with Gasteiger partial charge in [-0.2, -0.15) is 11.8 Å². The van der Waals surface area contributed by atoms with E-state index in [1.807, 2.05) is 25.1 Å². The van der Waals surface area contributed by atoms with Gasteiger partial charge in [0.05, 0.1) is 6.10 Å². The number of thioether (sulfide) groups is 1. The molecule has 16 heavy (non-hydrogen) atoms. The monoisotopic (exact) mass is 258 g/mol. The quantitative estimate of drug-likeness (QED) is 0.786. The van der Waals surface area contributed by atoms with E-state index >= 15 is 0 Å². The first kappa shape index (κ1) is 13.9. The van der Waals surface area contributed by atoms with Crippen LogP contribution in [0.1, 0.15) is 24.5 Å². The highest BCUT2D eigenvalue weighted by molar-refractivity contribution is 7.99. The molecule has 0 saturated heterocycles. The first-order valence-corrected chi connectivity index (χ1v) is 7.17. The van der Waals surface area contributed by atoms with Gasteiger partial charge in [0, 0.05) is 17.2 Å². The largest absolute Gasteiger partial charge is 0.392 e. The van der Waals surface area contributed by atoms with Gasteiger partial charge in [-0.05, 0) is 36.3 Å². The maximum atomic E-state index is 9.84. The molecule has 3 heteroatoms. The lowest BCUT2D eigenvalue weighted by molar-refractivity contribution is 0.200. The average molecular weight is 259 g/mol. The van der Waals surface area contributed by atoms with Gasteiger partial charge in [-0.25, -0.2) is 0 Å². The van der Waals surface area contributed by atoms with Gasteiger partial charge in [0.15, 0.2) is 0 Å². The molecule has 1 aromatic carbocycles. The van der Waals surface area contributed by atoms with Crippen LogP contribution in [0.4, 0.5) is 0 Å². The maximum absolute atomic E-state index is 9.84. The number of aryl methyl sites for hydroxylation is 1. The maximum Gasteiger partial charge on any atom is 0.0671 e. The summed E-state index contributed by atoms with van der Waals surface area (Å²) in [6.07, 6.45) is 1.51. The zero-order valence-corrected chi connectivity index (χ0v) is 11.4. The molecule has 0 fully saturated rings. The highest BCUT2D eigenvalue weighted by Gasteiger charge is 2.08. The van der Waals surface area contributed by atoms with Gasteiger partial charge in [-0.1, -0.05) is 30.7 Å². The Hall–Kier alpha value is -0.180. The van der Waals surface area contributed by atoms with Crippen LogP contribution in [0.15, 0.2) is 18.2 Å². The molecule has 0 saturated carbocycles. The summed E-state index contributed by atoms with van der Waals surface area (Å²) in [6.45, 7) is 4.17. The number of halogens is 1. The summed E-state index contributed by atoms with van der Waals surface area (Å²) in [4.78, 5) is 0. The lowest BCUT2D eigenvalue weighted by Crippen LogP contribution is -2.14. The van der Waals surface area contributed by atoms with Crippen LogP contribution in [0, 0.1) is 6.92 Å². The zero-order valence-electron chi connectivity index (χ0n) is 9.87. The first-order chi connectivity index (χ1) is 7.63. The Bertz CT molecular complexity index is 328. The highest BCUT2D eigenvalue weighted by atomic mass is 35.5. The number of aliphatic hydroxyl groups is 1. The number of hydrogen-bond donors (Lipinski definition) is 1. The number of benzene rings is 1. The van der Waals surface area contributed by atoms with Crippen molar-refractivity contribution in [3.63, 3.8) is 0 Å². The number of hydrogen-bond acceptors (Lipinski definition) is 2. The molecule has 1 rings (SSSR count). The molecule has 0 aliphatic heterocycles. The molecule has 0 heterocycles. The smallest absolute Gasteiger partial charge is 0.0671 e. The molecule has 0 aliphatic carbocycles. The van der Waals surface area contributed by atoms with Gasteiger partial charge in [0.2, 0.25) is 0 Å². The number of aliphatic hydroxyl groups excluding tert-OH is 1. The summed E-state index contributed by atoms with van der Waals surface area (Å²) in [5.74, 6) is 1.90. The predicted molar refractivity (Wildman–Crippen MR) is 73.5 cm³/mol. The van der Waals surface area contributed by atoms with Crippen molar-refractivity contribution in [2.24, 2.45) is 0 Å². The summed E-state index contributed by atoms with van der Waals surface area (Å²) in [6, 6.07) is 5.99. The molecule has 1 unspecified atom stereocenters. The summed E-state index contributed by atoms with van der Waals surface area (Å²) in [5.41, 5.74) is 2.19. The van der Waals surface area contributed by atoms with E-state index in [0.717, 1.165) is 34.1 Å². The third-order valence-electron chi connectivity index (χ3n) is 2.32. The van der Waals surface area contributed by atoms with Crippen molar-refractivity contribution in [2.45, 2.75) is 32.8 Å². The average Bonchev–Trinajstić information content (AvgIpc) is 2.23. The van der Waals surface area contributed by atoms with Gasteiger partial charge in [0.1, 0.15) is 0 Å². The van der Waals surface area contributed by atoms with Crippen LogP contribution in [0.3, 0.4) is 0 Å². The fourth-order valence-corrected chi connectivity index (χ4v) is 2.65. The minimum atomic E-state index is -0.295. The fourth-order valence-electron chi connectivity index (χ4n) is 1.49. The van der Waals surface area contributed by atoms with E-state index in [1.165, 1.54) is 0 Å². The molecule has 0 spiro atoms. The van der Waals surface area contributed by atoms with Crippen LogP contribution in [0.2, 0.25) is 5.02 Å². The second kappa shape index (κ2) is 7.21. The number of rotatable bonds is 6. The van der Waals surface area contributed by atoms with Crippen molar-refractivity contribution in [3.05, 3.63) is 34.3 Å². The van der Waals surface area contributed by atoms with Crippen molar-refractivity contribution < 1.29 is 5.11 Å². The van der Waals surface area contributed by atoms with E-state index in [2.05, 4.69) is 6.92 Å². The van der Waals surface area contributed by atoms with E-state index in [1.54, 1.807) is 11.8 Å². The van der Waals surface area contributed by atoms with Crippen LogP contribution in [-0.4, -0.2) is 22.7 Å². The minimum Gasteiger partial charge on any atom is -0.392 e. The Labute approximate surface area is 107 Å². The summed E-state index contributed by atoms with van der Waals surface area (Å²) >= 11 is 7.91. The van der Waals surface area contributed by atoms with Gasteiger partial charge in [-0.3, -0.25) is 0 Å². The normalized spacial score (nSPS) is 12.8. The molecule has 1 atom stereocenters.